The van der Waals surface area contributed by atoms with Gasteiger partial charge in [-0.25, -0.2) is 9.97 Å². The lowest BCUT2D eigenvalue weighted by Gasteiger charge is -2.17. The number of hydrogen-bond donors (Lipinski definition) is 0. The lowest BCUT2D eigenvalue weighted by Crippen LogP contribution is -1.98. The lowest BCUT2D eigenvalue weighted by molar-refractivity contribution is 1.18. The summed E-state index contributed by atoms with van der Waals surface area (Å²) in [5.41, 5.74) is 10.8. The third-order valence-electron chi connectivity index (χ3n) is 9.55. The van der Waals surface area contributed by atoms with E-state index in [9.17, 15) is 0 Å². The highest BCUT2D eigenvalue weighted by atomic mass is 14.9. The Kier molecular flexibility index (Phi) is 7.06. The van der Waals surface area contributed by atoms with Crippen LogP contribution >= 0.6 is 0 Å². The molecule has 0 aliphatic carbocycles. The molecule has 1 aromatic heterocycles. The zero-order chi connectivity index (χ0) is 32.7. The van der Waals surface area contributed by atoms with E-state index in [1.54, 1.807) is 0 Å². The summed E-state index contributed by atoms with van der Waals surface area (Å²) >= 11 is 0. The van der Waals surface area contributed by atoms with Crippen molar-refractivity contribution >= 4 is 32.3 Å². The number of nitrogens with zero attached hydrogens (tertiary/aromatic N) is 2. The normalized spacial score (nSPS) is 11.4. The van der Waals surface area contributed by atoms with Crippen molar-refractivity contribution in [2.45, 2.75) is 6.92 Å². The van der Waals surface area contributed by atoms with Crippen LogP contribution in [0, 0.1) is 6.92 Å². The van der Waals surface area contributed by atoms with E-state index in [1.165, 1.54) is 49.0 Å². The Morgan fingerprint density at radius 3 is 1.37 bits per heavy atom. The molecule has 0 atom stereocenters. The molecule has 1 heterocycles. The number of aryl methyl sites for hydroxylation is 1. The van der Waals surface area contributed by atoms with E-state index in [-0.39, 0.29) is 0 Å². The lowest BCUT2D eigenvalue weighted by atomic mass is 9.88. The van der Waals surface area contributed by atoms with Crippen molar-refractivity contribution in [1.29, 1.82) is 0 Å². The zero-order valence-corrected chi connectivity index (χ0v) is 27.1. The van der Waals surface area contributed by atoms with Crippen LogP contribution in [0.15, 0.2) is 176 Å². The first-order chi connectivity index (χ1) is 24.2. The SMILES string of the molecule is Cc1ccc2c3ccc(-c4ccccc4-c4ccccc4-c4nc(-c5ccccc5)cc(-c5ccccc5)n4)cc3c3ccccc3c2c1. The van der Waals surface area contributed by atoms with Gasteiger partial charge < -0.3 is 0 Å². The third kappa shape index (κ3) is 5.15. The second-order valence-corrected chi connectivity index (χ2v) is 12.6. The van der Waals surface area contributed by atoms with Gasteiger partial charge in [0.15, 0.2) is 5.82 Å². The van der Waals surface area contributed by atoms with Crippen LogP contribution in [0.25, 0.3) is 88.5 Å². The van der Waals surface area contributed by atoms with Crippen molar-refractivity contribution < 1.29 is 0 Å². The van der Waals surface area contributed by atoms with Gasteiger partial charge in [0.25, 0.3) is 0 Å². The highest BCUT2D eigenvalue weighted by molar-refractivity contribution is 6.26. The summed E-state index contributed by atoms with van der Waals surface area (Å²) in [5.74, 6) is 0.705. The van der Waals surface area contributed by atoms with Gasteiger partial charge in [-0.15, -0.1) is 0 Å². The molecule has 0 spiro atoms. The molecular formula is C47H32N2. The minimum atomic E-state index is 0.705. The quantitative estimate of drug-likeness (QED) is 0.178. The highest BCUT2D eigenvalue weighted by Crippen LogP contribution is 2.41. The van der Waals surface area contributed by atoms with Gasteiger partial charge in [0, 0.05) is 16.7 Å². The second kappa shape index (κ2) is 12.0. The first-order valence-corrected chi connectivity index (χ1v) is 16.8. The van der Waals surface area contributed by atoms with Crippen LogP contribution in [0.5, 0.6) is 0 Å². The summed E-state index contributed by atoms with van der Waals surface area (Å²) in [6, 6.07) is 62.6. The Balaban J connectivity index is 1.25. The molecule has 9 rings (SSSR count). The maximum atomic E-state index is 5.19. The minimum absolute atomic E-state index is 0.705. The second-order valence-electron chi connectivity index (χ2n) is 12.6. The molecule has 0 aliphatic heterocycles. The molecule has 9 aromatic rings. The first kappa shape index (κ1) is 28.8. The number of benzene rings is 8. The highest BCUT2D eigenvalue weighted by Gasteiger charge is 2.17. The summed E-state index contributed by atoms with van der Waals surface area (Å²) in [5, 5.41) is 7.69. The smallest absolute Gasteiger partial charge is 0.161 e. The molecule has 230 valence electrons. The molecular weight excluding hydrogens is 593 g/mol. The van der Waals surface area contributed by atoms with E-state index in [2.05, 4.69) is 171 Å². The first-order valence-electron chi connectivity index (χ1n) is 16.8. The number of fused-ring (bicyclic) bond motifs is 6. The minimum Gasteiger partial charge on any atom is -0.228 e. The fourth-order valence-corrected chi connectivity index (χ4v) is 7.20. The van der Waals surface area contributed by atoms with Crippen LogP contribution in [0.2, 0.25) is 0 Å². The standard InChI is InChI=1S/C47H32N2/c1-31-24-26-40-41-27-25-34(29-44(41)39-22-11-10-21-38(39)43(40)28-31)35-18-8-9-19-36(35)37-20-12-13-23-42(37)47-48-45(32-14-4-2-5-15-32)30-46(49-47)33-16-6-3-7-17-33/h2-30H,1H3. The van der Waals surface area contributed by atoms with Crippen molar-refractivity contribution in [3.8, 4) is 56.2 Å². The Morgan fingerprint density at radius 2 is 0.755 bits per heavy atom. The van der Waals surface area contributed by atoms with Crippen molar-refractivity contribution in [3.05, 3.63) is 181 Å². The molecule has 2 heteroatoms. The number of aromatic nitrogens is 2. The Hall–Kier alpha value is -6.38. The molecule has 0 aliphatic rings. The van der Waals surface area contributed by atoms with Gasteiger partial charge >= 0.3 is 0 Å². The maximum absolute atomic E-state index is 5.19. The predicted molar refractivity (Wildman–Crippen MR) is 206 cm³/mol. The van der Waals surface area contributed by atoms with Crippen molar-refractivity contribution in [3.63, 3.8) is 0 Å². The van der Waals surface area contributed by atoms with Crippen LogP contribution in [0.4, 0.5) is 0 Å². The summed E-state index contributed by atoms with van der Waals surface area (Å²) in [6.07, 6.45) is 0. The van der Waals surface area contributed by atoms with E-state index < -0.39 is 0 Å². The molecule has 0 amide bonds. The Bertz CT molecular complexity index is 2580. The molecule has 0 radical (unpaired) electrons. The predicted octanol–water partition coefficient (Wildman–Crippen LogP) is 12.6. The Morgan fingerprint density at radius 1 is 0.306 bits per heavy atom. The van der Waals surface area contributed by atoms with Crippen LogP contribution in [0.1, 0.15) is 5.56 Å². The molecule has 0 saturated carbocycles. The molecule has 8 aromatic carbocycles. The van der Waals surface area contributed by atoms with Crippen LogP contribution in [0.3, 0.4) is 0 Å². The fourth-order valence-electron chi connectivity index (χ4n) is 7.20. The molecule has 0 unspecified atom stereocenters. The molecule has 0 N–H and O–H groups in total. The summed E-state index contributed by atoms with van der Waals surface area (Å²) < 4.78 is 0. The average molecular weight is 625 g/mol. The Labute approximate surface area is 286 Å². The van der Waals surface area contributed by atoms with E-state index in [1.807, 2.05) is 12.1 Å². The van der Waals surface area contributed by atoms with Gasteiger partial charge in [-0.1, -0.05) is 169 Å². The van der Waals surface area contributed by atoms with E-state index in [0.717, 1.165) is 39.2 Å². The van der Waals surface area contributed by atoms with E-state index in [0.29, 0.717) is 5.82 Å². The number of hydrogen-bond acceptors (Lipinski definition) is 2. The largest absolute Gasteiger partial charge is 0.228 e. The van der Waals surface area contributed by atoms with Crippen LogP contribution in [-0.4, -0.2) is 9.97 Å². The fraction of sp³-hybridized carbons (Fsp3) is 0.0213. The average Bonchev–Trinajstić information content (AvgIpc) is 3.18. The van der Waals surface area contributed by atoms with Gasteiger partial charge in [-0.3, -0.25) is 0 Å². The van der Waals surface area contributed by atoms with Gasteiger partial charge in [-0.2, -0.15) is 0 Å². The summed E-state index contributed by atoms with van der Waals surface area (Å²) in [4.78, 5) is 10.4. The van der Waals surface area contributed by atoms with Crippen molar-refractivity contribution in [1.82, 2.24) is 9.97 Å². The zero-order valence-electron chi connectivity index (χ0n) is 27.1. The van der Waals surface area contributed by atoms with Crippen molar-refractivity contribution in [2.75, 3.05) is 0 Å². The van der Waals surface area contributed by atoms with Gasteiger partial charge in [0.05, 0.1) is 11.4 Å². The molecule has 49 heavy (non-hydrogen) atoms. The monoisotopic (exact) mass is 624 g/mol. The molecule has 0 fully saturated rings. The maximum Gasteiger partial charge on any atom is 0.161 e. The molecule has 0 bridgehead atoms. The van der Waals surface area contributed by atoms with Gasteiger partial charge in [0.2, 0.25) is 0 Å². The van der Waals surface area contributed by atoms with E-state index >= 15 is 0 Å². The van der Waals surface area contributed by atoms with Crippen molar-refractivity contribution in [2.24, 2.45) is 0 Å². The topological polar surface area (TPSA) is 25.8 Å². The van der Waals surface area contributed by atoms with Gasteiger partial charge in [-0.05, 0) is 73.6 Å². The molecule has 2 nitrogen and oxygen atoms in total. The number of rotatable bonds is 5. The third-order valence-corrected chi connectivity index (χ3v) is 9.55. The van der Waals surface area contributed by atoms with Crippen LogP contribution < -0.4 is 0 Å². The van der Waals surface area contributed by atoms with Gasteiger partial charge in [0.1, 0.15) is 0 Å². The van der Waals surface area contributed by atoms with E-state index in [4.69, 9.17) is 9.97 Å². The molecule has 0 saturated heterocycles. The summed E-state index contributed by atoms with van der Waals surface area (Å²) in [6.45, 7) is 2.17. The van der Waals surface area contributed by atoms with Crippen LogP contribution in [-0.2, 0) is 0 Å². The summed E-state index contributed by atoms with van der Waals surface area (Å²) in [7, 11) is 0.